The van der Waals surface area contributed by atoms with Gasteiger partial charge in [0.2, 0.25) is 0 Å². The van der Waals surface area contributed by atoms with Crippen LogP contribution in [0.3, 0.4) is 0 Å². The normalized spacial score (nSPS) is 8.58. The van der Waals surface area contributed by atoms with Crippen LogP contribution in [0.5, 0.6) is 5.75 Å². The van der Waals surface area contributed by atoms with Crippen LogP contribution in [0, 0.1) is 0 Å². The standard InChI is InChI=1S/C6H4BClO3.K/c8-5-1-3-6(4-2-5)11-7(9)10;/h1-4H;/q-2;+1. The van der Waals surface area contributed by atoms with Crippen LogP contribution in [0.2, 0.25) is 5.02 Å². The number of hydrogen-bond acceptors (Lipinski definition) is 3. The van der Waals surface area contributed by atoms with E-state index in [-0.39, 0.29) is 57.1 Å². The largest absolute Gasteiger partial charge is 1.00 e. The SMILES string of the molecule is [K+].[O-]B([O-])Oc1ccc(Cl)cc1. The van der Waals surface area contributed by atoms with Gasteiger partial charge >= 0.3 is 51.4 Å². The maximum atomic E-state index is 9.97. The van der Waals surface area contributed by atoms with Crippen molar-refractivity contribution in [2.24, 2.45) is 0 Å². The van der Waals surface area contributed by atoms with Gasteiger partial charge in [-0.05, 0) is 24.3 Å². The van der Waals surface area contributed by atoms with Crippen molar-refractivity contribution in [1.29, 1.82) is 0 Å². The molecule has 0 bridgehead atoms. The molecular weight excluding hydrogens is 205 g/mol. The first kappa shape index (κ1) is 12.9. The van der Waals surface area contributed by atoms with Crippen molar-refractivity contribution in [2.45, 2.75) is 0 Å². The van der Waals surface area contributed by atoms with Crippen molar-refractivity contribution in [2.75, 3.05) is 0 Å². The van der Waals surface area contributed by atoms with E-state index in [1.165, 1.54) is 12.1 Å². The average Bonchev–Trinajstić information content (AvgIpc) is 1.93. The molecule has 0 fully saturated rings. The molecule has 0 amide bonds. The number of rotatable bonds is 2. The van der Waals surface area contributed by atoms with Gasteiger partial charge in [-0.15, -0.1) is 0 Å². The van der Waals surface area contributed by atoms with Crippen LogP contribution in [0.4, 0.5) is 0 Å². The first-order valence-corrected chi connectivity index (χ1v) is 3.30. The Morgan fingerprint density at radius 1 is 1.17 bits per heavy atom. The van der Waals surface area contributed by atoms with Crippen molar-refractivity contribution in [3.8, 4) is 5.75 Å². The third-order valence-corrected chi connectivity index (χ3v) is 1.30. The van der Waals surface area contributed by atoms with E-state index in [4.69, 9.17) is 11.6 Å². The fourth-order valence-corrected chi connectivity index (χ4v) is 0.750. The van der Waals surface area contributed by atoms with Gasteiger partial charge in [-0.1, -0.05) is 11.6 Å². The fourth-order valence-electron chi connectivity index (χ4n) is 0.624. The van der Waals surface area contributed by atoms with Gasteiger partial charge in [0.1, 0.15) is 7.32 Å². The summed E-state index contributed by atoms with van der Waals surface area (Å²) in [6.45, 7) is 0. The van der Waals surface area contributed by atoms with Gasteiger partial charge in [0, 0.05) is 5.02 Å². The van der Waals surface area contributed by atoms with Crippen LogP contribution < -0.4 is 66.1 Å². The molecule has 0 aliphatic heterocycles. The molecule has 0 atom stereocenters. The summed E-state index contributed by atoms with van der Waals surface area (Å²) in [4.78, 5) is 0. The van der Waals surface area contributed by atoms with E-state index in [1.54, 1.807) is 12.1 Å². The van der Waals surface area contributed by atoms with Gasteiger partial charge in [0.15, 0.2) is 0 Å². The molecule has 6 heteroatoms. The topological polar surface area (TPSA) is 55.3 Å². The van der Waals surface area contributed by atoms with Gasteiger partial charge < -0.3 is 14.7 Å². The predicted molar refractivity (Wildman–Crippen MR) is 37.8 cm³/mol. The molecule has 1 aromatic rings. The van der Waals surface area contributed by atoms with E-state index in [0.717, 1.165) is 0 Å². The monoisotopic (exact) mass is 209 g/mol. The summed E-state index contributed by atoms with van der Waals surface area (Å²) in [6, 6.07) is 6.01. The van der Waals surface area contributed by atoms with E-state index in [1.807, 2.05) is 0 Å². The predicted octanol–water partition coefficient (Wildman–Crippen LogP) is -3.57. The summed E-state index contributed by atoms with van der Waals surface area (Å²) < 4.78 is 4.30. The van der Waals surface area contributed by atoms with Gasteiger partial charge in [-0.2, -0.15) is 0 Å². The van der Waals surface area contributed by atoms with E-state index < -0.39 is 7.32 Å². The van der Waals surface area contributed by atoms with Crippen LogP contribution >= 0.6 is 11.6 Å². The van der Waals surface area contributed by atoms with Gasteiger partial charge in [-0.25, -0.2) is 0 Å². The fraction of sp³-hybridized carbons (Fsp3) is 0. The van der Waals surface area contributed by atoms with E-state index >= 15 is 0 Å². The van der Waals surface area contributed by atoms with Gasteiger partial charge in [0.25, 0.3) is 0 Å². The Bertz CT molecular complexity index is 229. The maximum absolute atomic E-state index is 9.97. The Kier molecular flexibility index (Phi) is 6.89. The van der Waals surface area contributed by atoms with Crippen molar-refractivity contribution in [1.82, 2.24) is 0 Å². The third kappa shape index (κ3) is 4.84. The molecule has 12 heavy (non-hydrogen) atoms. The first-order chi connectivity index (χ1) is 5.18. The second-order valence-electron chi connectivity index (χ2n) is 1.86. The second-order valence-corrected chi connectivity index (χ2v) is 2.30. The van der Waals surface area contributed by atoms with Gasteiger partial charge in [-0.3, -0.25) is 0 Å². The molecule has 0 unspecified atom stereocenters. The molecule has 1 rings (SSSR count). The zero-order valence-corrected chi connectivity index (χ0v) is 10.4. The van der Waals surface area contributed by atoms with Crippen molar-refractivity contribution in [3.63, 3.8) is 0 Å². The minimum absolute atomic E-state index is 0. The van der Waals surface area contributed by atoms with Crippen LogP contribution in [-0.2, 0) is 0 Å². The quantitative estimate of drug-likeness (QED) is 0.474. The molecule has 0 radical (unpaired) electrons. The maximum Gasteiger partial charge on any atom is 1.00 e. The Balaban J connectivity index is 0.00000121. The summed E-state index contributed by atoms with van der Waals surface area (Å²) in [5.74, 6) is 0.240. The van der Waals surface area contributed by atoms with Crippen LogP contribution in [-0.4, -0.2) is 7.32 Å². The summed E-state index contributed by atoms with van der Waals surface area (Å²) in [5, 5.41) is 20.5. The summed E-state index contributed by atoms with van der Waals surface area (Å²) in [5.41, 5.74) is 0. The van der Waals surface area contributed by atoms with Crippen molar-refractivity contribution in [3.05, 3.63) is 29.3 Å². The Labute approximate surface area is 118 Å². The van der Waals surface area contributed by atoms with Crippen LogP contribution in [0.25, 0.3) is 0 Å². The van der Waals surface area contributed by atoms with E-state index in [2.05, 4.69) is 4.65 Å². The van der Waals surface area contributed by atoms with Crippen molar-refractivity contribution < 1.29 is 66.1 Å². The first-order valence-electron chi connectivity index (χ1n) is 2.92. The summed E-state index contributed by atoms with van der Waals surface area (Å²) >= 11 is 5.54. The zero-order valence-electron chi connectivity index (χ0n) is 6.49. The Morgan fingerprint density at radius 3 is 2.08 bits per heavy atom. The molecule has 0 aromatic heterocycles. The molecular formula is C6H4BClKO3-. The summed E-state index contributed by atoms with van der Waals surface area (Å²) in [6.07, 6.45) is 0. The molecule has 0 heterocycles. The Morgan fingerprint density at radius 2 is 1.67 bits per heavy atom. The molecule has 0 aliphatic carbocycles. The van der Waals surface area contributed by atoms with Crippen molar-refractivity contribution >= 4 is 18.9 Å². The molecule has 1 aromatic carbocycles. The average molecular weight is 209 g/mol. The summed E-state index contributed by atoms with van der Waals surface area (Å²) in [7, 11) is -2.28. The molecule has 0 spiro atoms. The molecule has 58 valence electrons. The minimum atomic E-state index is -2.28. The molecule has 0 aliphatic rings. The van der Waals surface area contributed by atoms with Crippen LogP contribution in [0.1, 0.15) is 0 Å². The Hall–Kier alpha value is 0.931. The molecule has 3 nitrogen and oxygen atoms in total. The van der Waals surface area contributed by atoms with Gasteiger partial charge in [0.05, 0.1) is 5.75 Å². The smallest absolute Gasteiger partial charge is 0.860 e. The molecule has 0 saturated carbocycles. The molecule has 0 saturated heterocycles. The van der Waals surface area contributed by atoms with E-state index in [0.29, 0.717) is 5.02 Å². The second kappa shape index (κ2) is 6.39. The number of hydrogen-bond donors (Lipinski definition) is 0. The minimum Gasteiger partial charge on any atom is -0.860 e. The third-order valence-electron chi connectivity index (χ3n) is 1.05. The molecule has 0 N–H and O–H groups in total. The van der Waals surface area contributed by atoms with Crippen LogP contribution in [0.15, 0.2) is 24.3 Å². The zero-order chi connectivity index (χ0) is 8.27. The number of benzene rings is 1. The number of halogens is 1. The van der Waals surface area contributed by atoms with E-state index in [9.17, 15) is 10.0 Å².